The Balaban J connectivity index is 1.52. The Bertz CT molecular complexity index is 1460. The Morgan fingerprint density at radius 1 is 0.943 bits per heavy atom. The summed E-state index contributed by atoms with van der Waals surface area (Å²) < 4.78 is 39.6. The van der Waals surface area contributed by atoms with E-state index in [4.69, 9.17) is 9.47 Å². The van der Waals surface area contributed by atoms with Gasteiger partial charge in [-0.1, -0.05) is 24.3 Å². The molecule has 0 fully saturated rings. The van der Waals surface area contributed by atoms with Gasteiger partial charge >= 0.3 is 5.97 Å². The first-order chi connectivity index (χ1) is 16.7. The Morgan fingerprint density at radius 3 is 2.26 bits per heavy atom. The number of carbonyl (C=O) groups excluding carboxylic acids is 1. The van der Waals surface area contributed by atoms with Crippen LogP contribution >= 0.6 is 0 Å². The highest BCUT2D eigenvalue weighted by atomic mass is 32.2. The summed E-state index contributed by atoms with van der Waals surface area (Å²) in [5.41, 5.74) is 3.13. The predicted octanol–water partition coefficient (Wildman–Crippen LogP) is 4.54. The second kappa shape index (κ2) is 9.63. The van der Waals surface area contributed by atoms with Gasteiger partial charge in [0, 0.05) is 7.05 Å². The van der Waals surface area contributed by atoms with Crippen LogP contribution in [0.4, 0.5) is 5.69 Å². The van der Waals surface area contributed by atoms with E-state index in [1.165, 1.54) is 35.3 Å². The fraction of sp³-hybridized carbons (Fsp3) is 0.154. The lowest BCUT2D eigenvalue weighted by molar-refractivity contribution is 0.0724. The van der Waals surface area contributed by atoms with Gasteiger partial charge in [-0.3, -0.25) is 4.31 Å². The molecule has 3 aromatic carbocycles. The Morgan fingerprint density at radius 2 is 1.63 bits per heavy atom. The molecule has 9 heteroatoms. The third-order valence-corrected chi connectivity index (χ3v) is 7.44. The Kier molecular flexibility index (Phi) is 6.61. The molecule has 1 aromatic heterocycles. The maximum absolute atomic E-state index is 13.0. The number of hydrogen-bond donors (Lipinski definition) is 0. The fourth-order valence-corrected chi connectivity index (χ4v) is 4.69. The number of benzene rings is 3. The van der Waals surface area contributed by atoms with Gasteiger partial charge in [-0.05, 0) is 73.5 Å². The fourth-order valence-electron chi connectivity index (χ4n) is 3.41. The van der Waals surface area contributed by atoms with Crippen molar-refractivity contribution in [2.45, 2.75) is 18.7 Å². The molecular formula is C26H25N3O5S. The van der Waals surface area contributed by atoms with Gasteiger partial charge in [0.05, 0.1) is 29.6 Å². The largest absolute Gasteiger partial charge is 0.493 e. The molecule has 4 rings (SSSR count). The first kappa shape index (κ1) is 24.0. The van der Waals surface area contributed by atoms with Gasteiger partial charge in [0.2, 0.25) is 5.69 Å². The molecule has 0 aliphatic rings. The average molecular weight is 492 g/mol. The molecule has 0 amide bonds. The number of methoxy groups -OCH3 is 1. The number of hydrogen-bond acceptors (Lipinski definition) is 6. The molecule has 0 spiro atoms. The zero-order valence-electron chi connectivity index (χ0n) is 19.8. The first-order valence-electron chi connectivity index (χ1n) is 10.8. The summed E-state index contributed by atoms with van der Waals surface area (Å²) in [5, 5.41) is 4.30. The van der Waals surface area contributed by atoms with E-state index < -0.39 is 16.0 Å². The number of esters is 1. The maximum Gasteiger partial charge on any atom is 0.368 e. The van der Waals surface area contributed by atoms with Crippen LogP contribution in [0.3, 0.4) is 0 Å². The lowest BCUT2D eigenvalue weighted by Crippen LogP contribution is -2.26. The van der Waals surface area contributed by atoms with E-state index in [9.17, 15) is 13.2 Å². The Labute approximate surface area is 204 Å². The van der Waals surface area contributed by atoms with E-state index >= 15 is 0 Å². The summed E-state index contributed by atoms with van der Waals surface area (Å²) in [7, 11) is -0.820. The van der Waals surface area contributed by atoms with Gasteiger partial charge in [0.15, 0.2) is 5.75 Å². The van der Waals surface area contributed by atoms with Gasteiger partial charge < -0.3 is 9.47 Å². The average Bonchev–Trinajstić information content (AvgIpc) is 3.31. The summed E-state index contributed by atoms with van der Waals surface area (Å²) in [6.45, 7) is 3.80. The molecule has 35 heavy (non-hydrogen) atoms. The standard InChI is InChI=1S/C26H25N3O5S/c1-18-10-15-23(16-19(18)2)35(31,32)28(3)20-11-13-22(14-12-20)34-26(30)25-24(33-4)17-29(27-25)21-8-6-5-7-9-21/h5-17H,1-4H3. The van der Waals surface area contributed by atoms with Gasteiger partial charge in [0.1, 0.15) is 5.75 Å². The minimum Gasteiger partial charge on any atom is -0.493 e. The van der Waals surface area contributed by atoms with Crippen molar-refractivity contribution in [3.63, 3.8) is 0 Å². The van der Waals surface area contributed by atoms with E-state index in [0.29, 0.717) is 5.69 Å². The maximum atomic E-state index is 13.0. The van der Waals surface area contributed by atoms with E-state index in [2.05, 4.69) is 5.10 Å². The van der Waals surface area contributed by atoms with Crippen molar-refractivity contribution >= 4 is 21.7 Å². The molecule has 0 saturated carbocycles. The minimum atomic E-state index is -3.75. The molecule has 0 saturated heterocycles. The van der Waals surface area contributed by atoms with Crippen LogP contribution in [0.2, 0.25) is 0 Å². The molecule has 0 radical (unpaired) electrons. The molecule has 0 N–H and O–H groups in total. The van der Waals surface area contributed by atoms with Crippen LogP contribution in [-0.4, -0.2) is 38.3 Å². The van der Waals surface area contributed by atoms with Crippen molar-refractivity contribution < 1.29 is 22.7 Å². The number of sulfonamides is 1. The van der Waals surface area contributed by atoms with E-state index in [1.807, 2.05) is 44.2 Å². The van der Waals surface area contributed by atoms with E-state index in [0.717, 1.165) is 16.8 Å². The predicted molar refractivity (Wildman–Crippen MR) is 133 cm³/mol. The van der Waals surface area contributed by atoms with Crippen molar-refractivity contribution in [1.82, 2.24) is 9.78 Å². The zero-order valence-corrected chi connectivity index (χ0v) is 20.6. The number of nitrogens with zero attached hydrogens (tertiary/aromatic N) is 3. The third kappa shape index (κ3) is 4.90. The SMILES string of the molecule is COc1cn(-c2ccccc2)nc1C(=O)Oc1ccc(N(C)S(=O)(=O)c2ccc(C)c(C)c2)cc1. The molecule has 0 aliphatic heterocycles. The van der Waals surface area contributed by atoms with Crippen molar-refractivity contribution in [2.75, 3.05) is 18.5 Å². The van der Waals surface area contributed by atoms with Gasteiger partial charge in [-0.15, -0.1) is 0 Å². The molecule has 0 unspecified atom stereocenters. The van der Waals surface area contributed by atoms with Crippen LogP contribution in [0.15, 0.2) is 83.9 Å². The quantitative estimate of drug-likeness (QED) is 0.278. The van der Waals surface area contributed by atoms with Crippen LogP contribution in [0, 0.1) is 13.8 Å². The first-order valence-corrected chi connectivity index (χ1v) is 12.2. The summed E-state index contributed by atoms with van der Waals surface area (Å²) in [6.07, 6.45) is 1.60. The number of aryl methyl sites for hydroxylation is 2. The van der Waals surface area contributed by atoms with Gasteiger partial charge in [0.25, 0.3) is 10.0 Å². The second-order valence-corrected chi connectivity index (χ2v) is 9.90. The second-order valence-electron chi connectivity index (χ2n) is 7.93. The minimum absolute atomic E-state index is 0.0230. The highest BCUT2D eigenvalue weighted by molar-refractivity contribution is 7.92. The van der Waals surface area contributed by atoms with E-state index in [1.54, 1.807) is 36.5 Å². The van der Waals surface area contributed by atoms with Crippen LogP contribution < -0.4 is 13.8 Å². The van der Waals surface area contributed by atoms with Crippen LogP contribution in [-0.2, 0) is 10.0 Å². The highest BCUT2D eigenvalue weighted by Gasteiger charge is 2.23. The van der Waals surface area contributed by atoms with Crippen molar-refractivity contribution in [2.24, 2.45) is 0 Å². The monoisotopic (exact) mass is 491 g/mol. The zero-order chi connectivity index (χ0) is 25.2. The van der Waals surface area contributed by atoms with Gasteiger partial charge in [-0.2, -0.15) is 5.10 Å². The molecule has 0 atom stereocenters. The lowest BCUT2D eigenvalue weighted by Gasteiger charge is -2.20. The third-order valence-electron chi connectivity index (χ3n) is 5.66. The normalized spacial score (nSPS) is 11.2. The topological polar surface area (TPSA) is 90.7 Å². The number of ether oxygens (including phenoxy) is 2. The summed E-state index contributed by atoms with van der Waals surface area (Å²) in [5.74, 6) is -0.179. The molecule has 4 aromatic rings. The molecular weight excluding hydrogens is 466 g/mol. The van der Waals surface area contributed by atoms with Crippen molar-refractivity contribution in [3.8, 4) is 17.2 Å². The summed E-state index contributed by atoms with van der Waals surface area (Å²) in [4.78, 5) is 13.0. The molecule has 0 aliphatic carbocycles. The van der Waals surface area contributed by atoms with Crippen LogP contribution in [0.5, 0.6) is 11.5 Å². The number of para-hydroxylation sites is 1. The molecule has 1 heterocycles. The van der Waals surface area contributed by atoms with Gasteiger partial charge in [-0.25, -0.2) is 17.9 Å². The number of carbonyl (C=O) groups is 1. The van der Waals surface area contributed by atoms with Crippen LogP contribution in [0.25, 0.3) is 5.69 Å². The smallest absolute Gasteiger partial charge is 0.368 e. The Hall–Kier alpha value is -4.11. The molecule has 180 valence electrons. The van der Waals surface area contributed by atoms with Crippen molar-refractivity contribution in [3.05, 3.63) is 95.8 Å². The van der Waals surface area contributed by atoms with E-state index in [-0.39, 0.29) is 22.1 Å². The summed E-state index contributed by atoms with van der Waals surface area (Å²) in [6, 6.07) is 20.5. The van der Waals surface area contributed by atoms with Crippen LogP contribution in [0.1, 0.15) is 21.6 Å². The lowest BCUT2D eigenvalue weighted by atomic mass is 10.1. The number of rotatable bonds is 7. The molecule has 8 nitrogen and oxygen atoms in total. The number of anilines is 1. The van der Waals surface area contributed by atoms with Crippen molar-refractivity contribution in [1.29, 1.82) is 0 Å². The molecule has 0 bridgehead atoms. The highest BCUT2D eigenvalue weighted by Crippen LogP contribution is 2.27. The summed E-state index contributed by atoms with van der Waals surface area (Å²) >= 11 is 0. The number of aromatic nitrogens is 2.